The second-order valence-electron chi connectivity index (χ2n) is 5.06. The van der Waals surface area contributed by atoms with Gasteiger partial charge in [0.15, 0.2) is 0 Å². The Balaban J connectivity index is 1.92. The van der Waals surface area contributed by atoms with Crippen molar-refractivity contribution >= 4 is 11.6 Å². The molecule has 1 saturated carbocycles. The topological polar surface area (TPSA) is 50.1 Å². The van der Waals surface area contributed by atoms with Crippen molar-refractivity contribution in [2.75, 3.05) is 0 Å². The number of hydrogen-bond donors (Lipinski definition) is 2. The summed E-state index contributed by atoms with van der Waals surface area (Å²) in [5, 5.41) is 13.7. The molecular weight excluding hydrogens is 226 g/mol. The number of nitrogens with one attached hydrogen (secondary N) is 1. The molecule has 0 radical (unpaired) electrons. The van der Waals surface area contributed by atoms with Crippen molar-refractivity contribution < 1.29 is 5.11 Å². The summed E-state index contributed by atoms with van der Waals surface area (Å²) >= 11 is 5.90. The number of rotatable bonds is 3. The molecule has 0 aromatic carbocycles. The van der Waals surface area contributed by atoms with Crippen molar-refractivity contribution in [3.8, 4) is 0 Å². The van der Waals surface area contributed by atoms with Crippen LogP contribution in [0.25, 0.3) is 0 Å². The summed E-state index contributed by atoms with van der Waals surface area (Å²) in [6.45, 7) is 4.83. The third kappa shape index (κ3) is 1.85. The maximum Gasteiger partial charge on any atom is 0.128 e. The van der Waals surface area contributed by atoms with Gasteiger partial charge in [0, 0.05) is 18.5 Å². The highest BCUT2D eigenvalue weighted by molar-refractivity contribution is 6.29. The lowest BCUT2D eigenvalue weighted by atomic mass is 9.64. The zero-order valence-electron chi connectivity index (χ0n) is 9.87. The van der Waals surface area contributed by atoms with Gasteiger partial charge < -0.3 is 15.0 Å². The lowest BCUT2D eigenvalue weighted by Crippen LogP contribution is -2.59. The summed E-state index contributed by atoms with van der Waals surface area (Å²) < 4.78 is 1.86. The van der Waals surface area contributed by atoms with E-state index in [0.717, 1.165) is 12.2 Å². The van der Waals surface area contributed by atoms with Crippen LogP contribution in [0.1, 0.15) is 26.1 Å². The molecular formula is C11H18ClN3O. The summed E-state index contributed by atoms with van der Waals surface area (Å²) in [5.41, 5.74) is -0.0467. The minimum atomic E-state index is -0.199. The van der Waals surface area contributed by atoms with Gasteiger partial charge >= 0.3 is 0 Å². The SMILES string of the molecule is Cn1c(Cl)cnc1CNC1CC(O)C1(C)C. The molecule has 1 fully saturated rings. The zero-order valence-corrected chi connectivity index (χ0v) is 10.6. The fourth-order valence-corrected chi connectivity index (χ4v) is 2.20. The molecule has 16 heavy (non-hydrogen) atoms. The number of nitrogens with zero attached hydrogens (tertiary/aromatic N) is 2. The third-order valence-corrected chi connectivity index (χ3v) is 4.10. The van der Waals surface area contributed by atoms with E-state index in [1.165, 1.54) is 0 Å². The van der Waals surface area contributed by atoms with Gasteiger partial charge in [0.1, 0.15) is 11.0 Å². The predicted octanol–water partition coefficient (Wildman–Crippen LogP) is 1.32. The third-order valence-electron chi connectivity index (χ3n) is 3.75. The van der Waals surface area contributed by atoms with Crippen LogP contribution in [0, 0.1) is 5.41 Å². The van der Waals surface area contributed by atoms with Crippen molar-refractivity contribution in [3.63, 3.8) is 0 Å². The molecule has 0 spiro atoms. The molecule has 1 aliphatic carbocycles. The van der Waals surface area contributed by atoms with Gasteiger partial charge in [-0.05, 0) is 6.42 Å². The Morgan fingerprint density at radius 2 is 2.38 bits per heavy atom. The first-order chi connectivity index (χ1) is 7.43. The maximum atomic E-state index is 9.62. The highest BCUT2D eigenvalue weighted by atomic mass is 35.5. The monoisotopic (exact) mass is 243 g/mol. The van der Waals surface area contributed by atoms with Gasteiger partial charge in [-0.1, -0.05) is 25.4 Å². The molecule has 5 heteroatoms. The molecule has 2 atom stereocenters. The Hall–Kier alpha value is -0.580. The molecule has 2 unspecified atom stereocenters. The number of imidazole rings is 1. The average molecular weight is 244 g/mol. The van der Waals surface area contributed by atoms with Crippen LogP contribution in [0.15, 0.2) is 6.20 Å². The van der Waals surface area contributed by atoms with Gasteiger partial charge in [0.2, 0.25) is 0 Å². The molecule has 0 bridgehead atoms. The van der Waals surface area contributed by atoms with Crippen molar-refractivity contribution in [2.24, 2.45) is 12.5 Å². The van der Waals surface area contributed by atoms with Crippen LogP contribution in [-0.2, 0) is 13.6 Å². The Kier molecular flexibility index (Phi) is 2.99. The Morgan fingerprint density at radius 1 is 1.69 bits per heavy atom. The fourth-order valence-electron chi connectivity index (χ4n) is 2.05. The van der Waals surface area contributed by atoms with Crippen LogP contribution in [0.5, 0.6) is 0 Å². The van der Waals surface area contributed by atoms with E-state index in [-0.39, 0.29) is 11.5 Å². The molecule has 90 valence electrons. The predicted molar refractivity (Wildman–Crippen MR) is 63.3 cm³/mol. The lowest BCUT2D eigenvalue weighted by Gasteiger charge is -2.49. The molecule has 0 saturated heterocycles. The lowest BCUT2D eigenvalue weighted by molar-refractivity contribution is -0.0732. The van der Waals surface area contributed by atoms with E-state index in [1.54, 1.807) is 6.20 Å². The van der Waals surface area contributed by atoms with Gasteiger partial charge in [0.25, 0.3) is 0 Å². The Morgan fingerprint density at radius 3 is 2.81 bits per heavy atom. The molecule has 0 amide bonds. The quantitative estimate of drug-likeness (QED) is 0.842. The molecule has 1 aromatic heterocycles. The van der Waals surface area contributed by atoms with Gasteiger partial charge in [0.05, 0.1) is 18.8 Å². The fraction of sp³-hybridized carbons (Fsp3) is 0.727. The summed E-state index contributed by atoms with van der Waals surface area (Å²) in [7, 11) is 1.90. The van der Waals surface area contributed by atoms with Gasteiger partial charge in [-0.25, -0.2) is 4.98 Å². The van der Waals surface area contributed by atoms with Crippen molar-refractivity contribution in [2.45, 2.75) is 39.0 Å². The van der Waals surface area contributed by atoms with Crippen LogP contribution in [0.4, 0.5) is 0 Å². The first-order valence-corrected chi connectivity index (χ1v) is 5.88. The highest BCUT2D eigenvalue weighted by Crippen LogP contribution is 2.40. The maximum absolute atomic E-state index is 9.62. The first kappa shape index (κ1) is 11.9. The second-order valence-corrected chi connectivity index (χ2v) is 5.45. The molecule has 4 nitrogen and oxygen atoms in total. The van der Waals surface area contributed by atoms with Gasteiger partial charge in [-0.15, -0.1) is 0 Å². The van der Waals surface area contributed by atoms with E-state index in [2.05, 4.69) is 24.1 Å². The zero-order chi connectivity index (χ0) is 11.9. The van der Waals surface area contributed by atoms with Crippen molar-refractivity contribution in [1.82, 2.24) is 14.9 Å². The van der Waals surface area contributed by atoms with Crippen molar-refractivity contribution in [1.29, 1.82) is 0 Å². The van der Waals surface area contributed by atoms with E-state index in [0.29, 0.717) is 17.7 Å². The Labute approximate surface area is 101 Å². The van der Waals surface area contributed by atoms with E-state index in [9.17, 15) is 5.11 Å². The molecule has 1 aliphatic rings. The summed E-state index contributed by atoms with van der Waals surface area (Å²) in [4.78, 5) is 4.22. The van der Waals surface area contributed by atoms with Crippen molar-refractivity contribution in [3.05, 3.63) is 17.2 Å². The van der Waals surface area contributed by atoms with Crippen LogP contribution >= 0.6 is 11.6 Å². The second kappa shape index (κ2) is 4.02. The largest absolute Gasteiger partial charge is 0.392 e. The standard InChI is InChI=1S/C11H18ClN3O/c1-11(2)7(4-8(11)16)13-6-10-14-5-9(12)15(10)3/h5,7-8,13,16H,4,6H2,1-3H3. The number of hydrogen-bond acceptors (Lipinski definition) is 3. The summed E-state index contributed by atoms with van der Waals surface area (Å²) in [6, 6.07) is 0.345. The van der Waals surface area contributed by atoms with Crippen LogP contribution in [-0.4, -0.2) is 26.8 Å². The summed E-state index contributed by atoms with van der Waals surface area (Å²) in [6.07, 6.45) is 2.26. The van der Waals surface area contributed by atoms with Crippen LogP contribution in [0.2, 0.25) is 5.15 Å². The smallest absolute Gasteiger partial charge is 0.128 e. The van der Waals surface area contributed by atoms with E-state index in [4.69, 9.17) is 11.6 Å². The minimum absolute atomic E-state index is 0.0467. The normalized spacial score (nSPS) is 27.8. The molecule has 0 aliphatic heterocycles. The molecule has 2 rings (SSSR count). The minimum Gasteiger partial charge on any atom is -0.392 e. The van der Waals surface area contributed by atoms with Crippen LogP contribution < -0.4 is 5.32 Å². The number of aliphatic hydroxyl groups excluding tert-OH is 1. The number of aliphatic hydroxyl groups is 1. The summed E-state index contributed by atoms with van der Waals surface area (Å²) in [5.74, 6) is 0.919. The highest BCUT2D eigenvalue weighted by Gasteiger charge is 2.46. The van der Waals surface area contributed by atoms with Gasteiger partial charge in [-0.2, -0.15) is 0 Å². The molecule has 2 N–H and O–H groups in total. The number of halogens is 1. The molecule has 1 aromatic rings. The molecule has 1 heterocycles. The number of aromatic nitrogens is 2. The first-order valence-electron chi connectivity index (χ1n) is 5.50. The van der Waals surface area contributed by atoms with Gasteiger partial charge in [-0.3, -0.25) is 0 Å². The van der Waals surface area contributed by atoms with Crippen LogP contribution in [0.3, 0.4) is 0 Å². The van der Waals surface area contributed by atoms with E-state index in [1.807, 2.05) is 11.6 Å². The van der Waals surface area contributed by atoms with E-state index < -0.39 is 0 Å². The van der Waals surface area contributed by atoms with E-state index >= 15 is 0 Å². The Bertz CT molecular complexity index is 389. The average Bonchev–Trinajstić information content (AvgIpc) is 2.55.